The van der Waals surface area contributed by atoms with Crippen LogP contribution in [-0.4, -0.2) is 12.6 Å². The fourth-order valence-electron chi connectivity index (χ4n) is 1.40. The SMILES string of the molecule is CCCCOC(=O)CC(N)c1ccc(Br)cc1. The molecule has 0 radical (unpaired) electrons. The number of hydrogen-bond acceptors (Lipinski definition) is 3. The molecule has 4 heteroatoms. The van der Waals surface area contributed by atoms with Gasteiger partial charge < -0.3 is 10.5 Å². The first kappa shape index (κ1) is 14.2. The van der Waals surface area contributed by atoms with Crippen molar-refractivity contribution >= 4 is 21.9 Å². The lowest BCUT2D eigenvalue weighted by Crippen LogP contribution is -2.17. The number of benzene rings is 1. The van der Waals surface area contributed by atoms with Gasteiger partial charge in [-0.2, -0.15) is 0 Å². The van der Waals surface area contributed by atoms with Crippen molar-refractivity contribution in [3.63, 3.8) is 0 Å². The summed E-state index contributed by atoms with van der Waals surface area (Å²) in [5.41, 5.74) is 6.88. The van der Waals surface area contributed by atoms with Crippen molar-refractivity contribution < 1.29 is 9.53 Å². The lowest BCUT2D eigenvalue weighted by molar-refractivity contribution is -0.144. The molecule has 0 bridgehead atoms. The molecule has 1 unspecified atom stereocenters. The van der Waals surface area contributed by atoms with Crippen LogP contribution in [0.1, 0.15) is 37.8 Å². The van der Waals surface area contributed by atoms with Crippen LogP contribution in [0.2, 0.25) is 0 Å². The van der Waals surface area contributed by atoms with E-state index in [1.54, 1.807) is 0 Å². The maximum absolute atomic E-state index is 11.5. The summed E-state index contributed by atoms with van der Waals surface area (Å²) in [4.78, 5) is 11.5. The van der Waals surface area contributed by atoms with Crippen LogP contribution in [0.25, 0.3) is 0 Å². The summed E-state index contributed by atoms with van der Waals surface area (Å²) in [6.07, 6.45) is 2.15. The van der Waals surface area contributed by atoms with Gasteiger partial charge in [0, 0.05) is 10.5 Å². The van der Waals surface area contributed by atoms with E-state index >= 15 is 0 Å². The van der Waals surface area contributed by atoms with Crippen LogP contribution < -0.4 is 5.73 Å². The number of unbranched alkanes of at least 4 members (excludes halogenated alkanes) is 1. The van der Waals surface area contributed by atoms with Crippen LogP contribution in [0.4, 0.5) is 0 Å². The van der Waals surface area contributed by atoms with Gasteiger partial charge in [-0.3, -0.25) is 4.79 Å². The van der Waals surface area contributed by atoms with E-state index in [4.69, 9.17) is 10.5 Å². The van der Waals surface area contributed by atoms with Crippen LogP contribution in [0.15, 0.2) is 28.7 Å². The number of rotatable bonds is 6. The summed E-state index contributed by atoms with van der Waals surface area (Å²) in [6.45, 7) is 2.55. The summed E-state index contributed by atoms with van der Waals surface area (Å²) in [5.74, 6) is -0.228. The highest BCUT2D eigenvalue weighted by Crippen LogP contribution is 2.17. The smallest absolute Gasteiger partial charge is 0.307 e. The predicted octanol–water partition coefficient (Wildman–Crippen LogP) is 3.18. The number of carbonyl (C=O) groups excluding carboxylic acids is 1. The normalized spacial score (nSPS) is 12.2. The van der Waals surface area contributed by atoms with Crippen molar-refractivity contribution in [1.29, 1.82) is 0 Å². The molecule has 0 heterocycles. The molecule has 94 valence electrons. The summed E-state index contributed by atoms with van der Waals surface area (Å²) in [5, 5.41) is 0. The van der Waals surface area contributed by atoms with Gasteiger partial charge in [0.1, 0.15) is 0 Å². The third-order valence-corrected chi connectivity index (χ3v) is 2.97. The first-order valence-corrected chi connectivity index (χ1v) is 6.59. The van der Waals surface area contributed by atoms with Gasteiger partial charge in [-0.15, -0.1) is 0 Å². The Labute approximate surface area is 110 Å². The zero-order valence-corrected chi connectivity index (χ0v) is 11.6. The average Bonchev–Trinajstić information content (AvgIpc) is 2.30. The van der Waals surface area contributed by atoms with Gasteiger partial charge in [-0.1, -0.05) is 41.4 Å². The Bertz CT molecular complexity index is 351. The minimum absolute atomic E-state index is 0.228. The molecule has 2 N–H and O–H groups in total. The van der Waals surface area contributed by atoms with E-state index in [9.17, 15) is 4.79 Å². The second-order valence-corrected chi connectivity index (χ2v) is 4.85. The van der Waals surface area contributed by atoms with E-state index in [0.29, 0.717) is 6.61 Å². The number of halogens is 1. The monoisotopic (exact) mass is 299 g/mol. The zero-order chi connectivity index (χ0) is 12.7. The second-order valence-electron chi connectivity index (χ2n) is 3.94. The third kappa shape index (κ3) is 5.33. The highest BCUT2D eigenvalue weighted by atomic mass is 79.9. The Morgan fingerprint density at radius 3 is 2.65 bits per heavy atom. The highest BCUT2D eigenvalue weighted by Gasteiger charge is 2.12. The fraction of sp³-hybridized carbons (Fsp3) is 0.462. The van der Waals surface area contributed by atoms with Gasteiger partial charge in [-0.05, 0) is 24.1 Å². The van der Waals surface area contributed by atoms with Gasteiger partial charge in [-0.25, -0.2) is 0 Å². The van der Waals surface area contributed by atoms with E-state index < -0.39 is 0 Å². The van der Waals surface area contributed by atoms with Gasteiger partial charge in [0.15, 0.2) is 0 Å². The molecule has 0 aliphatic heterocycles. The van der Waals surface area contributed by atoms with Crippen molar-refractivity contribution in [2.24, 2.45) is 5.73 Å². The molecule has 3 nitrogen and oxygen atoms in total. The topological polar surface area (TPSA) is 52.3 Å². The van der Waals surface area contributed by atoms with Crippen LogP contribution in [0.3, 0.4) is 0 Å². The molecule has 0 saturated carbocycles. The van der Waals surface area contributed by atoms with Crippen molar-refractivity contribution in [2.45, 2.75) is 32.2 Å². The first-order valence-electron chi connectivity index (χ1n) is 5.80. The summed E-state index contributed by atoms with van der Waals surface area (Å²) >= 11 is 3.36. The molecular weight excluding hydrogens is 282 g/mol. The minimum atomic E-state index is -0.294. The Kier molecular flexibility index (Phi) is 6.22. The Morgan fingerprint density at radius 2 is 2.06 bits per heavy atom. The Balaban J connectivity index is 2.40. The number of carbonyl (C=O) groups is 1. The Hall–Kier alpha value is -0.870. The molecule has 0 aliphatic carbocycles. The molecule has 0 spiro atoms. The van der Waals surface area contributed by atoms with Crippen molar-refractivity contribution in [3.8, 4) is 0 Å². The van der Waals surface area contributed by atoms with E-state index in [0.717, 1.165) is 22.9 Å². The van der Waals surface area contributed by atoms with Gasteiger partial charge in [0.2, 0.25) is 0 Å². The van der Waals surface area contributed by atoms with E-state index in [1.807, 2.05) is 24.3 Å². The van der Waals surface area contributed by atoms with Crippen molar-refractivity contribution in [1.82, 2.24) is 0 Å². The van der Waals surface area contributed by atoms with Crippen molar-refractivity contribution in [3.05, 3.63) is 34.3 Å². The standard InChI is InChI=1S/C13H18BrNO2/c1-2-3-8-17-13(16)9-12(15)10-4-6-11(14)7-5-10/h4-7,12H,2-3,8-9,15H2,1H3. The molecular formula is C13H18BrNO2. The molecule has 0 aliphatic rings. The zero-order valence-electron chi connectivity index (χ0n) is 9.99. The van der Waals surface area contributed by atoms with Crippen LogP contribution in [0, 0.1) is 0 Å². The van der Waals surface area contributed by atoms with E-state index in [2.05, 4.69) is 22.9 Å². The molecule has 1 aromatic rings. The molecule has 0 aromatic heterocycles. The van der Waals surface area contributed by atoms with Gasteiger partial charge >= 0.3 is 5.97 Å². The first-order chi connectivity index (χ1) is 8.13. The Morgan fingerprint density at radius 1 is 1.41 bits per heavy atom. The lowest BCUT2D eigenvalue weighted by atomic mass is 10.1. The summed E-state index contributed by atoms with van der Waals surface area (Å²) < 4.78 is 6.07. The lowest BCUT2D eigenvalue weighted by Gasteiger charge is -2.11. The summed E-state index contributed by atoms with van der Waals surface area (Å²) in [6, 6.07) is 7.36. The van der Waals surface area contributed by atoms with Crippen LogP contribution in [-0.2, 0) is 9.53 Å². The maximum Gasteiger partial charge on any atom is 0.307 e. The van der Waals surface area contributed by atoms with Crippen molar-refractivity contribution in [2.75, 3.05) is 6.61 Å². The average molecular weight is 300 g/mol. The molecule has 0 amide bonds. The highest BCUT2D eigenvalue weighted by molar-refractivity contribution is 9.10. The number of esters is 1. The second kappa shape index (κ2) is 7.45. The van der Waals surface area contributed by atoms with E-state index in [1.165, 1.54) is 0 Å². The van der Waals surface area contributed by atoms with Gasteiger partial charge in [0.05, 0.1) is 13.0 Å². The minimum Gasteiger partial charge on any atom is -0.466 e. The predicted molar refractivity (Wildman–Crippen MR) is 71.6 cm³/mol. The molecule has 1 atom stereocenters. The molecule has 17 heavy (non-hydrogen) atoms. The maximum atomic E-state index is 11.5. The molecule has 0 saturated heterocycles. The quantitative estimate of drug-likeness (QED) is 0.648. The van der Waals surface area contributed by atoms with Gasteiger partial charge in [0.25, 0.3) is 0 Å². The fourth-order valence-corrected chi connectivity index (χ4v) is 1.66. The number of nitrogens with two attached hydrogens (primary N) is 1. The molecule has 1 rings (SSSR count). The third-order valence-electron chi connectivity index (χ3n) is 2.45. The molecule has 0 fully saturated rings. The molecule has 1 aromatic carbocycles. The van der Waals surface area contributed by atoms with Crippen LogP contribution >= 0.6 is 15.9 Å². The van der Waals surface area contributed by atoms with Crippen LogP contribution in [0.5, 0.6) is 0 Å². The van der Waals surface area contributed by atoms with E-state index in [-0.39, 0.29) is 18.4 Å². The summed E-state index contributed by atoms with van der Waals surface area (Å²) in [7, 11) is 0. The number of hydrogen-bond donors (Lipinski definition) is 1. The largest absolute Gasteiger partial charge is 0.466 e. The number of ether oxygens (including phenoxy) is 1.